The number of rotatable bonds is 3. The van der Waals surface area contributed by atoms with Crippen molar-refractivity contribution in [1.82, 2.24) is 10.2 Å². The summed E-state index contributed by atoms with van der Waals surface area (Å²) >= 11 is 0. The summed E-state index contributed by atoms with van der Waals surface area (Å²) in [6.45, 7) is 3.18. The van der Waals surface area contributed by atoms with Gasteiger partial charge in [-0.25, -0.2) is 0 Å². The number of hydrogen-bond donors (Lipinski definition) is 1. The Bertz CT molecular complexity index is 416. The number of aromatic nitrogens is 2. The third-order valence-corrected chi connectivity index (χ3v) is 3.58. The maximum absolute atomic E-state index is 8.96. The van der Waals surface area contributed by atoms with E-state index in [1.807, 2.05) is 0 Å². The Morgan fingerprint density at radius 1 is 1.41 bits per heavy atom. The molecule has 2 rings (SSSR count). The highest BCUT2D eigenvalue weighted by atomic mass is 15.2. The average Bonchev–Trinajstić information content (AvgIpc) is 2.38. The van der Waals surface area contributed by atoms with Gasteiger partial charge in [0, 0.05) is 6.54 Å². The van der Waals surface area contributed by atoms with Crippen LogP contribution in [-0.4, -0.2) is 16.7 Å². The van der Waals surface area contributed by atoms with E-state index in [2.05, 4.69) is 28.5 Å². The van der Waals surface area contributed by atoms with Crippen LogP contribution >= 0.6 is 0 Å². The molecule has 1 fully saturated rings. The molecule has 1 aromatic rings. The quantitative estimate of drug-likeness (QED) is 0.867. The molecule has 1 saturated carbocycles. The minimum Gasteiger partial charge on any atom is -0.367 e. The number of nitriles is 1. The first-order valence-electron chi connectivity index (χ1n) is 6.19. The fourth-order valence-corrected chi connectivity index (χ4v) is 2.43. The number of nitrogens with zero attached hydrogens (tertiary/aromatic N) is 3. The Balaban J connectivity index is 2.00. The van der Waals surface area contributed by atoms with Crippen molar-refractivity contribution in [2.24, 2.45) is 5.41 Å². The monoisotopic (exact) mass is 230 g/mol. The minimum atomic E-state index is 0.336. The lowest BCUT2D eigenvalue weighted by Crippen LogP contribution is -2.29. The van der Waals surface area contributed by atoms with Crippen molar-refractivity contribution < 1.29 is 0 Å². The lowest BCUT2D eigenvalue weighted by molar-refractivity contribution is 0.233. The first-order chi connectivity index (χ1) is 8.23. The van der Waals surface area contributed by atoms with Gasteiger partial charge in [-0.15, -0.1) is 5.10 Å². The molecule has 4 heteroatoms. The van der Waals surface area contributed by atoms with Gasteiger partial charge in [0.15, 0.2) is 5.82 Å². The van der Waals surface area contributed by atoms with Gasteiger partial charge in [-0.1, -0.05) is 26.2 Å². The highest BCUT2D eigenvalue weighted by Crippen LogP contribution is 2.35. The summed E-state index contributed by atoms with van der Waals surface area (Å²) in [6.07, 6.45) is 8.02. The number of hydrogen-bond acceptors (Lipinski definition) is 4. The Morgan fingerprint density at radius 3 is 2.88 bits per heavy atom. The van der Waals surface area contributed by atoms with Crippen LogP contribution < -0.4 is 5.32 Å². The van der Waals surface area contributed by atoms with Crippen molar-refractivity contribution in [2.45, 2.75) is 39.0 Å². The molecule has 4 nitrogen and oxygen atoms in total. The summed E-state index contributed by atoms with van der Waals surface area (Å²) in [5, 5.41) is 20.0. The van der Waals surface area contributed by atoms with Gasteiger partial charge in [0.2, 0.25) is 0 Å². The second-order valence-corrected chi connectivity index (χ2v) is 5.13. The molecule has 0 radical (unpaired) electrons. The van der Waals surface area contributed by atoms with Crippen LogP contribution in [0.15, 0.2) is 12.3 Å². The molecule has 0 amide bonds. The predicted octanol–water partition coefficient (Wildman–Crippen LogP) is 2.73. The fourth-order valence-electron chi connectivity index (χ4n) is 2.43. The first-order valence-corrected chi connectivity index (χ1v) is 6.19. The first kappa shape index (κ1) is 11.8. The largest absolute Gasteiger partial charge is 0.367 e. The highest BCUT2D eigenvalue weighted by Gasteiger charge is 2.26. The fraction of sp³-hybridized carbons (Fsp3) is 0.615. The van der Waals surface area contributed by atoms with Crippen LogP contribution in [0.5, 0.6) is 0 Å². The Labute approximate surface area is 102 Å². The topological polar surface area (TPSA) is 61.6 Å². The van der Waals surface area contributed by atoms with E-state index in [9.17, 15) is 0 Å². The summed E-state index contributed by atoms with van der Waals surface area (Å²) in [6, 6.07) is 3.82. The zero-order valence-corrected chi connectivity index (χ0v) is 10.2. The van der Waals surface area contributed by atoms with E-state index in [1.54, 1.807) is 12.3 Å². The van der Waals surface area contributed by atoms with Crippen molar-refractivity contribution in [2.75, 3.05) is 11.9 Å². The molecule has 0 aromatic carbocycles. The van der Waals surface area contributed by atoms with Crippen LogP contribution in [0.1, 0.15) is 44.6 Å². The second-order valence-electron chi connectivity index (χ2n) is 5.13. The zero-order chi connectivity index (χ0) is 12.1. The minimum absolute atomic E-state index is 0.336. The summed E-state index contributed by atoms with van der Waals surface area (Å²) in [5.74, 6) is 0.613. The lowest BCUT2D eigenvalue weighted by atomic mass is 9.76. The van der Waals surface area contributed by atoms with Gasteiger partial charge in [0.05, 0.1) is 11.8 Å². The van der Waals surface area contributed by atoms with E-state index in [1.165, 1.54) is 32.1 Å². The SMILES string of the molecule is CC1(CNc2nnccc2C#N)CCCCC1. The molecule has 0 bridgehead atoms. The lowest BCUT2D eigenvalue weighted by Gasteiger charge is -2.33. The van der Waals surface area contributed by atoms with E-state index in [4.69, 9.17) is 5.26 Å². The van der Waals surface area contributed by atoms with Gasteiger partial charge in [0.25, 0.3) is 0 Å². The predicted molar refractivity (Wildman–Crippen MR) is 66.4 cm³/mol. The molecule has 1 aliphatic rings. The molecule has 0 atom stereocenters. The Kier molecular flexibility index (Phi) is 3.58. The molecule has 1 heterocycles. The maximum Gasteiger partial charge on any atom is 0.166 e. The summed E-state index contributed by atoms with van der Waals surface area (Å²) < 4.78 is 0. The summed E-state index contributed by atoms with van der Waals surface area (Å²) in [4.78, 5) is 0. The van der Waals surface area contributed by atoms with Crippen molar-refractivity contribution in [3.05, 3.63) is 17.8 Å². The molecular formula is C13H18N4. The average molecular weight is 230 g/mol. The van der Waals surface area contributed by atoms with E-state index < -0.39 is 0 Å². The van der Waals surface area contributed by atoms with Crippen LogP contribution in [0.2, 0.25) is 0 Å². The van der Waals surface area contributed by atoms with E-state index in [-0.39, 0.29) is 0 Å². The van der Waals surface area contributed by atoms with Gasteiger partial charge < -0.3 is 5.32 Å². The smallest absolute Gasteiger partial charge is 0.166 e. The number of anilines is 1. The standard InChI is InChI=1S/C13H18N4/c1-13(6-3-2-4-7-13)10-15-12-11(9-14)5-8-16-17-12/h5,8H,2-4,6-7,10H2,1H3,(H,15,17). The van der Waals surface area contributed by atoms with Crippen LogP contribution in [0.3, 0.4) is 0 Å². The molecule has 90 valence electrons. The molecular weight excluding hydrogens is 212 g/mol. The highest BCUT2D eigenvalue weighted by molar-refractivity contribution is 5.50. The third-order valence-electron chi connectivity index (χ3n) is 3.58. The van der Waals surface area contributed by atoms with Gasteiger partial charge in [0.1, 0.15) is 6.07 Å². The van der Waals surface area contributed by atoms with Crippen LogP contribution in [0, 0.1) is 16.7 Å². The van der Waals surface area contributed by atoms with E-state index >= 15 is 0 Å². The second kappa shape index (κ2) is 5.13. The van der Waals surface area contributed by atoms with Gasteiger partial charge >= 0.3 is 0 Å². The van der Waals surface area contributed by atoms with E-state index in [0.29, 0.717) is 16.8 Å². The van der Waals surface area contributed by atoms with Crippen LogP contribution in [-0.2, 0) is 0 Å². The molecule has 1 aromatic heterocycles. The van der Waals surface area contributed by atoms with Gasteiger partial charge in [-0.05, 0) is 24.3 Å². The van der Waals surface area contributed by atoms with Crippen LogP contribution in [0.4, 0.5) is 5.82 Å². The molecule has 0 saturated heterocycles. The zero-order valence-electron chi connectivity index (χ0n) is 10.2. The molecule has 0 spiro atoms. The van der Waals surface area contributed by atoms with Gasteiger partial charge in [-0.2, -0.15) is 10.4 Å². The summed E-state index contributed by atoms with van der Waals surface area (Å²) in [7, 11) is 0. The summed E-state index contributed by atoms with van der Waals surface area (Å²) in [5.41, 5.74) is 0.905. The third kappa shape index (κ3) is 2.94. The molecule has 0 unspecified atom stereocenters. The maximum atomic E-state index is 8.96. The van der Waals surface area contributed by atoms with Crippen molar-refractivity contribution in [3.63, 3.8) is 0 Å². The molecule has 1 N–H and O–H groups in total. The van der Waals surface area contributed by atoms with E-state index in [0.717, 1.165) is 6.54 Å². The Hall–Kier alpha value is -1.63. The number of nitrogens with one attached hydrogen (secondary N) is 1. The van der Waals surface area contributed by atoms with Crippen molar-refractivity contribution in [3.8, 4) is 6.07 Å². The van der Waals surface area contributed by atoms with Gasteiger partial charge in [-0.3, -0.25) is 0 Å². The Morgan fingerprint density at radius 2 is 2.18 bits per heavy atom. The van der Waals surface area contributed by atoms with Crippen LogP contribution in [0.25, 0.3) is 0 Å². The normalized spacial score (nSPS) is 18.4. The van der Waals surface area contributed by atoms with Crippen molar-refractivity contribution in [1.29, 1.82) is 5.26 Å². The molecule has 17 heavy (non-hydrogen) atoms. The van der Waals surface area contributed by atoms with Crippen molar-refractivity contribution >= 4 is 5.82 Å². The molecule has 0 aliphatic heterocycles. The molecule has 1 aliphatic carbocycles.